The van der Waals surface area contributed by atoms with Gasteiger partial charge in [0.2, 0.25) is 5.91 Å². The van der Waals surface area contributed by atoms with Crippen molar-refractivity contribution >= 4 is 5.91 Å². The second-order valence-electron chi connectivity index (χ2n) is 5.13. The molecule has 1 unspecified atom stereocenters. The standard InChI is InChI=1S/C14H29N3O/c1-3-10-17-11-5-6-13(8-12-17)16-9-7-14(18)15-4-2/h13,16H,3-12H2,1-2H3,(H,15,18). The highest BCUT2D eigenvalue weighted by atomic mass is 16.1. The first kappa shape index (κ1) is 15.4. The zero-order chi connectivity index (χ0) is 13.2. The molecule has 1 saturated heterocycles. The predicted octanol–water partition coefficient (Wildman–Crippen LogP) is 1.37. The Balaban J connectivity index is 2.13. The van der Waals surface area contributed by atoms with E-state index in [-0.39, 0.29) is 5.91 Å². The van der Waals surface area contributed by atoms with Crippen LogP contribution in [0.4, 0.5) is 0 Å². The van der Waals surface area contributed by atoms with E-state index in [0.717, 1.165) is 13.1 Å². The van der Waals surface area contributed by atoms with Crippen LogP contribution >= 0.6 is 0 Å². The Kier molecular flexibility index (Phi) is 8.01. The van der Waals surface area contributed by atoms with E-state index in [1.54, 1.807) is 0 Å². The van der Waals surface area contributed by atoms with Crippen LogP contribution in [0.5, 0.6) is 0 Å². The van der Waals surface area contributed by atoms with Crippen LogP contribution in [-0.2, 0) is 4.79 Å². The van der Waals surface area contributed by atoms with Crippen LogP contribution in [0.2, 0.25) is 0 Å². The van der Waals surface area contributed by atoms with E-state index >= 15 is 0 Å². The molecule has 4 heteroatoms. The average Bonchev–Trinajstić information content (AvgIpc) is 2.56. The zero-order valence-corrected chi connectivity index (χ0v) is 12.0. The summed E-state index contributed by atoms with van der Waals surface area (Å²) in [5.41, 5.74) is 0. The highest BCUT2D eigenvalue weighted by molar-refractivity contribution is 5.75. The maximum atomic E-state index is 11.3. The van der Waals surface area contributed by atoms with Gasteiger partial charge in [-0.25, -0.2) is 0 Å². The maximum absolute atomic E-state index is 11.3. The number of hydrogen-bond donors (Lipinski definition) is 2. The van der Waals surface area contributed by atoms with Crippen LogP contribution in [0.1, 0.15) is 46.0 Å². The van der Waals surface area contributed by atoms with Crippen molar-refractivity contribution in [2.75, 3.05) is 32.7 Å². The van der Waals surface area contributed by atoms with Crippen molar-refractivity contribution in [3.8, 4) is 0 Å². The molecule has 0 aromatic carbocycles. The molecule has 1 amide bonds. The molecule has 0 saturated carbocycles. The molecule has 0 aromatic heterocycles. The number of nitrogens with one attached hydrogen (secondary N) is 2. The molecule has 1 heterocycles. The lowest BCUT2D eigenvalue weighted by atomic mass is 10.1. The van der Waals surface area contributed by atoms with Gasteiger partial charge in [-0.05, 0) is 52.2 Å². The molecule has 0 spiro atoms. The molecular formula is C14H29N3O. The molecule has 106 valence electrons. The van der Waals surface area contributed by atoms with Gasteiger partial charge in [-0.3, -0.25) is 4.79 Å². The first-order valence-electron chi connectivity index (χ1n) is 7.48. The van der Waals surface area contributed by atoms with Gasteiger partial charge in [-0.2, -0.15) is 0 Å². The largest absolute Gasteiger partial charge is 0.356 e. The van der Waals surface area contributed by atoms with E-state index in [4.69, 9.17) is 0 Å². The summed E-state index contributed by atoms with van der Waals surface area (Å²) in [4.78, 5) is 13.9. The van der Waals surface area contributed by atoms with Crippen LogP contribution in [0.3, 0.4) is 0 Å². The number of likely N-dealkylation sites (tertiary alicyclic amines) is 1. The normalized spacial score (nSPS) is 21.6. The van der Waals surface area contributed by atoms with E-state index in [2.05, 4.69) is 22.5 Å². The third-order valence-corrected chi connectivity index (χ3v) is 3.52. The molecule has 4 nitrogen and oxygen atoms in total. The summed E-state index contributed by atoms with van der Waals surface area (Å²) < 4.78 is 0. The van der Waals surface area contributed by atoms with Crippen LogP contribution in [0.15, 0.2) is 0 Å². The second-order valence-corrected chi connectivity index (χ2v) is 5.13. The van der Waals surface area contributed by atoms with E-state index in [9.17, 15) is 4.79 Å². The molecule has 1 aliphatic rings. The van der Waals surface area contributed by atoms with E-state index in [0.29, 0.717) is 12.5 Å². The summed E-state index contributed by atoms with van der Waals surface area (Å²) in [6.07, 6.45) is 5.59. The summed E-state index contributed by atoms with van der Waals surface area (Å²) in [7, 11) is 0. The van der Waals surface area contributed by atoms with Crippen molar-refractivity contribution in [1.29, 1.82) is 0 Å². The van der Waals surface area contributed by atoms with Gasteiger partial charge in [-0.1, -0.05) is 6.92 Å². The number of rotatable bonds is 7. The highest BCUT2D eigenvalue weighted by Gasteiger charge is 2.15. The molecule has 1 rings (SSSR count). The quantitative estimate of drug-likeness (QED) is 0.722. The third kappa shape index (κ3) is 6.36. The fourth-order valence-electron chi connectivity index (χ4n) is 2.58. The number of carbonyl (C=O) groups excluding carboxylic acids is 1. The maximum Gasteiger partial charge on any atom is 0.221 e. The van der Waals surface area contributed by atoms with Crippen LogP contribution in [-0.4, -0.2) is 49.6 Å². The van der Waals surface area contributed by atoms with Crippen LogP contribution < -0.4 is 10.6 Å². The van der Waals surface area contributed by atoms with Gasteiger partial charge in [-0.15, -0.1) is 0 Å². The number of nitrogens with zero attached hydrogens (tertiary/aromatic N) is 1. The number of carbonyl (C=O) groups is 1. The Morgan fingerprint density at radius 3 is 2.83 bits per heavy atom. The number of hydrogen-bond acceptors (Lipinski definition) is 3. The van der Waals surface area contributed by atoms with Crippen molar-refractivity contribution in [3.05, 3.63) is 0 Å². The molecule has 1 aliphatic heterocycles. The fraction of sp³-hybridized carbons (Fsp3) is 0.929. The Hall–Kier alpha value is -0.610. The monoisotopic (exact) mass is 255 g/mol. The molecule has 18 heavy (non-hydrogen) atoms. The van der Waals surface area contributed by atoms with Gasteiger partial charge in [0.1, 0.15) is 0 Å². The highest BCUT2D eigenvalue weighted by Crippen LogP contribution is 2.11. The Labute approximate surface area is 111 Å². The van der Waals surface area contributed by atoms with Crippen molar-refractivity contribution in [2.24, 2.45) is 0 Å². The first-order valence-corrected chi connectivity index (χ1v) is 7.48. The lowest BCUT2D eigenvalue weighted by Gasteiger charge is -2.19. The SMILES string of the molecule is CCCN1CCCC(NCCC(=O)NCC)CC1. The number of amides is 1. The summed E-state index contributed by atoms with van der Waals surface area (Å²) >= 11 is 0. The molecule has 1 atom stereocenters. The van der Waals surface area contributed by atoms with E-state index in [1.807, 2.05) is 6.92 Å². The zero-order valence-electron chi connectivity index (χ0n) is 12.0. The molecule has 1 fully saturated rings. The van der Waals surface area contributed by atoms with Gasteiger partial charge >= 0.3 is 0 Å². The third-order valence-electron chi connectivity index (χ3n) is 3.52. The van der Waals surface area contributed by atoms with Gasteiger partial charge in [0, 0.05) is 25.6 Å². The fourth-order valence-corrected chi connectivity index (χ4v) is 2.58. The lowest BCUT2D eigenvalue weighted by Crippen LogP contribution is -2.34. The minimum absolute atomic E-state index is 0.159. The predicted molar refractivity (Wildman–Crippen MR) is 75.7 cm³/mol. The minimum Gasteiger partial charge on any atom is -0.356 e. The van der Waals surface area contributed by atoms with E-state index in [1.165, 1.54) is 45.3 Å². The van der Waals surface area contributed by atoms with Crippen molar-refractivity contribution < 1.29 is 4.79 Å². The summed E-state index contributed by atoms with van der Waals surface area (Å²) in [5, 5.41) is 6.36. The average molecular weight is 255 g/mol. The molecule has 0 aromatic rings. The Morgan fingerprint density at radius 2 is 2.11 bits per heavy atom. The first-order chi connectivity index (χ1) is 8.76. The van der Waals surface area contributed by atoms with Crippen molar-refractivity contribution in [3.63, 3.8) is 0 Å². The van der Waals surface area contributed by atoms with Crippen LogP contribution in [0.25, 0.3) is 0 Å². The Morgan fingerprint density at radius 1 is 1.28 bits per heavy atom. The minimum atomic E-state index is 0.159. The van der Waals surface area contributed by atoms with Crippen LogP contribution in [0, 0.1) is 0 Å². The van der Waals surface area contributed by atoms with Gasteiger partial charge in [0.25, 0.3) is 0 Å². The lowest BCUT2D eigenvalue weighted by molar-refractivity contribution is -0.120. The van der Waals surface area contributed by atoms with Crippen molar-refractivity contribution in [1.82, 2.24) is 15.5 Å². The molecule has 0 aliphatic carbocycles. The molecule has 0 radical (unpaired) electrons. The second kappa shape index (κ2) is 9.34. The molecule has 0 bridgehead atoms. The van der Waals surface area contributed by atoms with Crippen molar-refractivity contribution in [2.45, 2.75) is 52.0 Å². The topological polar surface area (TPSA) is 44.4 Å². The summed E-state index contributed by atoms with van der Waals surface area (Å²) in [5.74, 6) is 0.159. The Bertz CT molecular complexity index is 233. The summed E-state index contributed by atoms with van der Waals surface area (Å²) in [6, 6.07) is 0.598. The van der Waals surface area contributed by atoms with E-state index < -0.39 is 0 Å². The van der Waals surface area contributed by atoms with Gasteiger partial charge in [0.15, 0.2) is 0 Å². The smallest absolute Gasteiger partial charge is 0.221 e. The van der Waals surface area contributed by atoms with Gasteiger partial charge in [0.05, 0.1) is 0 Å². The molecular weight excluding hydrogens is 226 g/mol. The van der Waals surface area contributed by atoms with Gasteiger partial charge < -0.3 is 15.5 Å². The molecule has 2 N–H and O–H groups in total. The summed E-state index contributed by atoms with van der Waals surface area (Å²) in [6.45, 7) is 9.41.